The van der Waals surface area contributed by atoms with E-state index in [1.54, 1.807) is 25.1 Å². The number of ether oxygens (including phenoxy) is 2. The average molecular weight is 400 g/mol. The van der Waals surface area contributed by atoms with Crippen molar-refractivity contribution in [2.75, 3.05) is 19.8 Å². The highest BCUT2D eigenvalue weighted by molar-refractivity contribution is 5.94. The number of nitrogens with one attached hydrogen (secondary N) is 1. The topological polar surface area (TPSA) is 67.8 Å². The standard InChI is InChI=1S/C24H33NO4/c1-4-13-28-22-12-11-20(16-23(22)29-14-5-2)24(27)25-17-21(15-18(3)26)19-9-7-6-8-10-19/h6-12,16,18,21,26H,4-5,13-15,17H2,1-3H3,(H,25,27)/t18-,21+/m0/s1. The first-order valence-electron chi connectivity index (χ1n) is 10.5. The van der Waals surface area contributed by atoms with Crippen LogP contribution >= 0.6 is 0 Å². The van der Waals surface area contributed by atoms with E-state index in [0.29, 0.717) is 43.2 Å². The van der Waals surface area contributed by atoms with Crippen LogP contribution in [-0.2, 0) is 0 Å². The molecule has 5 nitrogen and oxygen atoms in total. The zero-order chi connectivity index (χ0) is 21.1. The molecule has 0 spiro atoms. The minimum absolute atomic E-state index is 0.0446. The summed E-state index contributed by atoms with van der Waals surface area (Å²) in [5.74, 6) is 1.13. The predicted octanol–water partition coefficient (Wildman–Crippen LogP) is 4.55. The Morgan fingerprint density at radius 3 is 2.28 bits per heavy atom. The molecule has 2 atom stereocenters. The maximum absolute atomic E-state index is 12.7. The molecule has 29 heavy (non-hydrogen) atoms. The van der Waals surface area contributed by atoms with E-state index in [1.165, 1.54) is 0 Å². The highest BCUT2D eigenvalue weighted by Gasteiger charge is 2.17. The molecule has 2 aromatic carbocycles. The molecular formula is C24H33NO4. The van der Waals surface area contributed by atoms with Gasteiger partial charge in [0.25, 0.3) is 5.91 Å². The summed E-state index contributed by atoms with van der Waals surface area (Å²) in [6, 6.07) is 15.2. The van der Waals surface area contributed by atoms with Crippen molar-refractivity contribution >= 4 is 5.91 Å². The number of rotatable bonds is 12. The number of hydrogen-bond donors (Lipinski definition) is 2. The number of hydrogen-bond acceptors (Lipinski definition) is 4. The van der Waals surface area contributed by atoms with E-state index in [0.717, 1.165) is 18.4 Å². The number of aliphatic hydroxyl groups is 1. The molecule has 5 heteroatoms. The van der Waals surface area contributed by atoms with E-state index in [2.05, 4.69) is 5.32 Å². The van der Waals surface area contributed by atoms with E-state index in [-0.39, 0.29) is 11.8 Å². The minimum atomic E-state index is -0.443. The third kappa shape index (κ3) is 7.42. The van der Waals surface area contributed by atoms with Crippen LogP contribution in [-0.4, -0.2) is 36.9 Å². The molecule has 1 amide bonds. The molecule has 0 aliphatic carbocycles. The lowest BCUT2D eigenvalue weighted by Crippen LogP contribution is -2.29. The second-order valence-corrected chi connectivity index (χ2v) is 7.26. The summed E-state index contributed by atoms with van der Waals surface area (Å²) in [5, 5.41) is 12.8. The van der Waals surface area contributed by atoms with Crippen molar-refractivity contribution in [3.8, 4) is 11.5 Å². The zero-order valence-corrected chi connectivity index (χ0v) is 17.7. The molecule has 0 saturated heterocycles. The second-order valence-electron chi connectivity index (χ2n) is 7.26. The summed E-state index contributed by atoms with van der Waals surface area (Å²) in [6.45, 7) is 7.47. The first-order chi connectivity index (χ1) is 14.0. The van der Waals surface area contributed by atoms with Crippen molar-refractivity contribution in [3.05, 3.63) is 59.7 Å². The van der Waals surface area contributed by atoms with Gasteiger partial charge >= 0.3 is 0 Å². The van der Waals surface area contributed by atoms with Gasteiger partial charge in [-0.2, -0.15) is 0 Å². The van der Waals surface area contributed by atoms with Crippen LogP contribution in [0.5, 0.6) is 11.5 Å². The fraction of sp³-hybridized carbons (Fsp3) is 0.458. The van der Waals surface area contributed by atoms with Crippen LogP contribution in [0.2, 0.25) is 0 Å². The van der Waals surface area contributed by atoms with E-state index in [4.69, 9.17) is 9.47 Å². The first-order valence-corrected chi connectivity index (χ1v) is 10.5. The van der Waals surface area contributed by atoms with Crippen molar-refractivity contribution < 1.29 is 19.4 Å². The van der Waals surface area contributed by atoms with Gasteiger partial charge in [0, 0.05) is 18.0 Å². The third-order valence-corrected chi connectivity index (χ3v) is 4.53. The van der Waals surface area contributed by atoms with Crippen LogP contribution in [0.1, 0.15) is 61.9 Å². The Labute approximate surface area is 174 Å². The lowest BCUT2D eigenvalue weighted by Gasteiger charge is -2.20. The summed E-state index contributed by atoms with van der Waals surface area (Å²) in [4.78, 5) is 12.7. The summed E-state index contributed by atoms with van der Waals surface area (Å²) in [6.07, 6.45) is 1.92. The fourth-order valence-corrected chi connectivity index (χ4v) is 3.10. The number of carbonyl (C=O) groups excluding carboxylic acids is 1. The molecule has 0 aromatic heterocycles. The Morgan fingerprint density at radius 2 is 1.66 bits per heavy atom. The highest BCUT2D eigenvalue weighted by Crippen LogP contribution is 2.29. The quantitative estimate of drug-likeness (QED) is 0.549. The normalized spacial score (nSPS) is 12.8. The molecule has 2 aromatic rings. The molecule has 0 bridgehead atoms. The fourth-order valence-electron chi connectivity index (χ4n) is 3.10. The Morgan fingerprint density at radius 1 is 1.00 bits per heavy atom. The molecule has 2 N–H and O–H groups in total. The molecule has 0 aliphatic heterocycles. The van der Waals surface area contributed by atoms with Crippen molar-refractivity contribution in [3.63, 3.8) is 0 Å². The van der Waals surface area contributed by atoms with Gasteiger partial charge in [-0.1, -0.05) is 44.2 Å². The van der Waals surface area contributed by atoms with Gasteiger partial charge in [-0.05, 0) is 49.9 Å². The number of carbonyl (C=O) groups is 1. The van der Waals surface area contributed by atoms with Gasteiger partial charge in [-0.3, -0.25) is 4.79 Å². The monoisotopic (exact) mass is 399 g/mol. The Balaban J connectivity index is 2.09. The molecular weight excluding hydrogens is 366 g/mol. The Hall–Kier alpha value is -2.53. The first kappa shape index (κ1) is 22.8. The lowest BCUT2D eigenvalue weighted by molar-refractivity contribution is 0.0945. The summed E-state index contributed by atoms with van der Waals surface area (Å²) < 4.78 is 11.5. The Bertz CT molecular complexity index is 746. The third-order valence-electron chi connectivity index (χ3n) is 4.53. The molecule has 158 valence electrons. The van der Waals surface area contributed by atoms with Gasteiger partial charge in [0.05, 0.1) is 19.3 Å². The molecule has 0 fully saturated rings. The summed E-state index contributed by atoms with van der Waals surface area (Å²) in [5.41, 5.74) is 1.63. The van der Waals surface area contributed by atoms with Crippen LogP contribution in [0.15, 0.2) is 48.5 Å². The van der Waals surface area contributed by atoms with Gasteiger partial charge in [-0.25, -0.2) is 0 Å². The van der Waals surface area contributed by atoms with Gasteiger partial charge in [-0.15, -0.1) is 0 Å². The molecule has 0 heterocycles. The van der Waals surface area contributed by atoms with E-state index in [1.807, 2.05) is 44.2 Å². The van der Waals surface area contributed by atoms with Gasteiger partial charge in [0.1, 0.15) is 0 Å². The Kier molecular flexibility index (Phi) is 9.51. The predicted molar refractivity (Wildman–Crippen MR) is 116 cm³/mol. The number of aliphatic hydroxyl groups excluding tert-OH is 1. The number of benzene rings is 2. The highest BCUT2D eigenvalue weighted by atomic mass is 16.5. The summed E-state index contributed by atoms with van der Waals surface area (Å²) in [7, 11) is 0. The maximum atomic E-state index is 12.7. The van der Waals surface area contributed by atoms with Gasteiger partial charge < -0.3 is 19.9 Å². The molecule has 0 saturated carbocycles. The van der Waals surface area contributed by atoms with Crippen LogP contribution in [0.3, 0.4) is 0 Å². The van der Waals surface area contributed by atoms with Crippen molar-refractivity contribution in [1.82, 2.24) is 5.32 Å². The van der Waals surface area contributed by atoms with Gasteiger partial charge in [0.15, 0.2) is 11.5 Å². The SMILES string of the molecule is CCCOc1ccc(C(=O)NC[C@@H](C[C@H](C)O)c2ccccc2)cc1OCCC. The molecule has 0 aliphatic rings. The van der Waals surface area contributed by atoms with E-state index < -0.39 is 6.10 Å². The van der Waals surface area contributed by atoms with Crippen molar-refractivity contribution in [2.24, 2.45) is 0 Å². The van der Waals surface area contributed by atoms with E-state index >= 15 is 0 Å². The number of amides is 1. The molecule has 2 rings (SSSR count). The van der Waals surface area contributed by atoms with Crippen molar-refractivity contribution in [2.45, 2.75) is 52.1 Å². The lowest BCUT2D eigenvalue weighted by atomic mass is 9.93. The molecule has 0 radical (unpaired) electrons. The largest absolute Gasteiger partial charge is 0.490 e. The minimum Gasteiger partial charge on any atom is -0.490 e. The maximum Gasteiger partial charge on any atom is 0.251 e. The van der Waals surface area contributed by atoms with Crippen LogP contribution in [0.4, 0.5) is 0 Å². The van der Waals surface area contributed by atoms with E-state index in [9.17, 15) is 9.90 Å². The summed E-state index contributed by atoms with van der Waals surface area (Å²) >= 11 is 0. The van der Waals surface area contributed by atoms with Crippen molar-refractivity contribution in [1.29, 1.82) is 0 Å². The van der Waals surface area contributed by atoms with Gasteiger partial charge in [0.2, 0.25) is 0 Å². The van der Waals surface area contributed by atoms with Crippen LogP contribution in [0, 0.1) is 0 Å². The average Bonchev–Trinajstić information content (AvgIpc) is 2.74. The molecule has 0 unspecified atom stereocenters. The van der Waals surface area contributed by atoms with Crippen LogP contribution in [0.25, 0.3) is 0 Å². The van der Waals surface area contributed by atoms with Crippen LogP contribution < -0.4 is 14.8 Å². The second kappa shape index (κ2) is 12.1. The zero-order valence-electron chi connectivity index (χ0n) is 17.7. The smallest absolute Gasteiger partial charge is 0.251 e.